The lowest BCUT2D eigenvalue weighted by atomic mass is 9.65. The number of amides is 2. The maximum absolute atomic E-state index is 12.4. The molecular weight excluding hydrogens is 578 g/mol. The van der Waals surface area contributed by atoms with Gasteiger partial charge in [-0.15, -0.1) is 0 Å². The first-order chi connectivity index (χ1) is 21.9. The molecule has 2 saturated heterocycles. The van der Waals surface area contributed by atoms with Crippen LogP contribution in [0.4, 0.5) is 0 Å². The highest BCUT2D eigenvalue weighted by atomic mass is 16.7. The lowest BCUT2D eigenvalue weighted by Crippen LogP contribution is -2.46. The van der Waals surface area contributed by atoms with Crippen LogP contribution in [0.15, 0.2) is 48.5 Å². The molecule has 0 aromatic heterocycles. The number of ether oxygens (including phenoxy) is 2. The zero-order valence-electron chi connectivity index (χ0n) is 28.5. The van der Waals surface area contributed by atoms with Crippen LogP contribution in [0.3, 0.4) is 0 Å². The molecule has 2 aromatic carbocycles. The normalized spacial score (nSPS) is 29.0. The van der Waals surface area contributed by atoms with Crippen molar-refractivity contribution in [2.45, 2.75) is 117 Å². The third-order valence-corrected chi connectivity index (χ3v) is 10.3. The van der Waals surface area contributed by atoms with Crippen LogP contribution in [0.25, 0.3) is 0 Å². The molecule has 46 heavy (non-hydrogen) atoms. The van der Waals surface area contributed by atoms with E-state index in [9.17, 15) is 14.7 Å². The Balaban J connectivity index is 1.22. The van der Waals surface area contributed by atoms with Crippen LogP contribution in [-0.2, 0) is 32.2 Å². The molecule has 6 unspecified atom stereocenters. The van der Waals surface area contributed by atoms with E-state index in [1.807, 2.05) is 24.3 Å². The second kappa shape index (κ2) is 15.0. The number of aliphatic hydroxyl groups is 1. The second-order valence-electron chi connectivity index (χ2n) is 15.3. The molecule has 3 aliphatic rings. The van der Waals surface area contributed by atoms with E-state index in [-0.39, 0.29) is 36.5 Å². The Morgan fingerprint density at radius 3 is 2.30 bits per heavy atom. The van der Waals surface area contributed by atoms with Gasteiger partial charge < -0.3 is 25.2 Å². The molecule has 252 valence electrons. The van der Waals surface area contributed by atoms with E-state index in [0.717, 1.165) is 54.6 Å². The van der Waals surface area contributed by atoms with Crippen molar-refractivity contribution in [1.82, 2.24) is 15.5 Å². The van der Waals surface area contributed by atoms with Crippen LogP contribution >= 0.6 is 0 Å². The molecule has 2 aromatic rings. The number of nitrogens with one attached hydrogen (secondary N) is 2. The summed E-state index contributed by atoms with van der Waals surface area (Å²) in [6.45, 7) is 14.2. The fourth-order valence-electron chi connectivity index (χ4n) is 8.28. The van der Waals surface area contributed by atoms with E-state index in [4.69, 9.17) is 9.47 Å². The highest BCUT2D eigenvalue weighted by Crippen LogP contribution is 2.53. The summed E-state index contributed by atoms with van der Waals surface area (Å²) in [7, 11) is 0. The van der Waals surface area contributed by atoms with Gasteiger partial charge in [-0.3, -0.25) is 14.5 Å². The average Bonchev–Trinajstić information content (AvgIpc) is 3.26. The standard InChI is InChI=1S/C38H55N3O5/c1-26-33(22-41-25-38(5)20-32(41)19-37(3,4)24-38)45-36(46-35(26)30-14-12-29(23-42)13-15-30)31-16-10-28(11-17-31)21-40-34(44)9-7-6-8-18-39-27(2)43/h10-17,26,32-33,35-36,42H,6-9,18-25H2,1-5H3,(H,39,43)(H,40,44). The lowest BCUT2D eigenvalue weighted by Gasteiger charge is -2.43. The predicted molar refractivity (Wildman–Crippen MR) is 180 cm³/mol. The third kappa shape index (κ3) is 8.97. The first-order valence-corrected chi connectivity index (χ1v) is 17.3. The van der Waals surface area contributed by atoms with Gasteiger partial charge in [-0.2, -0.15) is 0 Å². The van der Waals surface area contributed by atoms with E-state index in [1.165, 1.54) is 26.2 Å². The summed E-state index contributed by atoms with van der Waals surface area (Å²) in [5.74, 6) is 0.173. The number of fused-ring (bicyclic) bond motifs is 2. The molecule has 8 nitrogen and oxygen atoms in total. The number of benzene rings is 2. The van der Waals surface area contributed by atoms with Crippen LogP contribution in [0.5, 0.6) is 0 Å². The fraction of sp³-hybridized carbons (Fsp3) is 0.632. The Hall–Kier alpha value is -2.78. The second-order valence-corrected chi connectivity index (χ2v) is 15.3. The molecular formula is C38H55N3O5. The number of unbranched alkanes of at least 4 members (excludes halogenated alkanes) is 2. The first-order valence-electron chi connectivity index (χ1n) is 17.3. The topological polar surface area (TPSA) is 100 Å². The van der Waals surface area contributed by atoms with E-state index in [0.29, 0.717) is 36.4 Å². The van der Waals surface area contributed by atoms with Crippen molar-refractivity contribution in [3.63, 3.8) is 0 Å². The molecule has 2 amide bonds. The maximum Gasteiger partial charge on any atom is 0.220 e. The van der Waals surface area contributed by atoms with E-state index >= 15 is 0 Å². The average molecular weight is 634 g/mol. The zero-order valence-corrected chi connectivity index (χ0v) is 28.5. The van der Waals surface area contributed by atoms with Gasteiger partial charge in [0.25, 0.3) is 0 Å². The molecule has 1 aliphatic carbocycles. The maximum atomic E-state index is 12.4. The minimum Gasteiger partial charge on any atom is -0.392 e. The van der Waals surface area contributed by atoms with Gasteiger partial charge in [0.05, 0.1) is 18.8 Å². The molecule has 3 fully saturated rings. The molecule has 3 N–H and O–H groups in total. The lowest BCUT2D eigenvalue weighted by molar-refractivity contribution is -0.276. The van der Waals surface area contributed by atoms with Gasteiger partial charge in [-0.25, -0.2) is 0 Å². The van der Waals surface area contributed by atoms with Crippen molar-refractivity contribution >= 4 is 11.8 Å². The quantitative estimate of drug-likeness (QED) is 0.228. The van der Waals surface area contributed by atoms with Crippen molar-refractivity contribution in [3.8, 4) is 0 Å². The summed E-state index contributed by atoms with van der Waals surface area (Å²) >= 11 is 0. The highest BCUT2D eigenvalue weighted by Gasteiger charge is 2.51. The van der Waals surface area contributed by atoms with Gasteiger partial charge >= 0.3 is 0 Å². The summed E-state index contributed by atoms with van der Waals surface area (Å²) in [6, 6.07) is 16.9. The van der Waals surface area contributed by atoms with Gasteiger partial charge in [0.1, 0.15) is 0 Å². The Kier molecular flexibility index (Phi) is 11.2. The van der Waals surface area contributed by atoms with Crippen molar-refractivity contribution in [3.05, 3.63) is 70.8 Å². The summed E-state index contributed by atoms with van der Waals surface area (Å²) in [4.78, 5) is 26.0. The fourth-order valence-corrected chi connectivity index (χ4v) is 8.28. The van der Waals surface area contributed by atoms with Gasteiger partial charge in [0, 0.05) is 57.0 Å². The number of aliphatic hydroxyl groups excluding tert-OH is 1. The minimum absolute atomic E-state index is 0.00420. The van der Waals surface area contributed by atoms with E-state index in [2.05, 4.69) is 67.5 Å². The largest absolute Gasteiger partial charge is 0.392 e. The van der Waals surface area contributed by atoms with Crippen LogP contribution in [0.2, 0.25) is 0 Å². The smallest absolute Gasteiger partial charge is 0.220 e. The Bertz CT molecular complexity index is 1310. The molecule has 2 heterocycles. The monoisotopic (exact) mass is 633 g/mol. The highest BCUT2D eigenvalue weighted by molar-refractivity contribution is 5.75. The first kappa shape index (κ1) is 34.6. The van der Waals surface area contributed by atoms with Crippen molar-refractivity contribution in [1.29, 1.82) is 0 Å². The Morgan fingerprint density at radius 2 is 1.61 bits per heavy atom. The van der Waals surface area contributed by atoms with Gasteiger partial charge in [0.2, 0.25) is 11.8 Å². The summed E-state index contributed by atoms with van der Waals surface area (Å²) in [5.41, 5.74) is 4.71. The molecule has 8 heteroatoms. The number of hydrogen-bond acceptors (Lipinski definition) is 6. The number of carbonyl (C=O) groups is 2. The summed E-state index contributed by atoms with van der Waals surface area (Å²) < 4.78 is 13.5. The van der Waals surface area contributed by atoms with Crippen molar-refractivity contribution < 1.29 is 24.2 Å². The molecule has 2 aliphatic heterocycles. The van der Waals surface area contributed by atoms with Gasteiger partial charge in [-0.1, -0.05) is 82.6 Å². The Morgan fingerprint density at radius 1 is 0.913 bits per heavy atom. The number of likely N-dealkylation sites (tertiary alicyclic amines) is 1. The van der Waals surface area contributed by atoms with Crippen LogP contribution in [-0.4, -0.2) is 53.6 Å². The predicted octanol–water partition coefficient (Wildman–Crippen LogP) is 6.18. The van der Waals surface area contributed by atoms with E-state index in [1.54, 1.807) is 0 Å². The SMILES string of the molecule is CC(=O)NCCCCCC(=O)NCc1ccc(C2OC(CN3CC4(C)CC3CC(C)(C)C4)C(C)C(c3ccc(CO)cc3)O2)cc1. The zero-order chi connectivity index (χ0) is 32.9. The van der Waals surface area contributed by atoms with Crippen LogP contribution in [0, 0.1) is 16.7 Å². The van der Waals surface area contributed by atoms with Gasteiger partial charge in [0.15, 0.2) is 6.29 Å². The Labute approximate surface area is 275 Å². The summed E-state index contributed by atoms with van der Waals surface area (Å²) in [5, 5.41) is 15.4. The molecule has 0 spiro atoms. The molecule has 6 atom stereocenters. The minimum atomic E-state index is -0.501. The molecule has 2 bridgehead atoms. The van der Waals surface area contributed by atoms with Crippen LogP contribution < -0.4 is 10.6 Å². The molecule has 0 radical (unpaired) electrons. The van der Waals surface area contributed by atoms with Crippen molar-refractivity contribution in [2.75, 3.05) is 19.6 Å². The number of rotatable bonds is 13. The van der Waals surface area contributed by atoms with E-state index < -0.39 is 6.29 Å². The number of hydrogen-bond donors (Lipinski definition) is 3. The molecule has 5 rings (SSSR count). The summed E-state index contributed by atoms with van der Waals surface area (Å²) in [6.07, 6.45) is 6.20. The van der Waals surface area contributed by atoms with Crippen LogP contribution in [0.1, 0.15) is 114 Å². The third-order valence-electron chi connectivity index (χ3n) is 10.3. The van der Waals surface area contributed by atoms with Crippen molar-refractivity contribution in [2.24, 2.45) is 16.7 Å². The number of nitrogens with zero attached hydrogens (tertiary/aromatic N) is 1. The molecule has 1 saturated carbocycles. The number of carbonyl (C=O) groups excluding carboxylic acids is 2. The van der Waals surface area contributed by atoms with Gasteiger partial charge in [-0.05, 0) is 59.6 Å².